The van der Waals surface area contributed by atoms with Gasteiger partial charge in [0.05, 0.1) is 6.04 Å². The lowest BCUT2D eigenvalue weighted by molar-refractivity contribution is -0.123. The molecule has 2 N–H and O–H groups in total. The summed E-state index contributed by atoms with van der Waals surface area (Å²) in [5.74, 6) is 1.22. The molecule has 0 aromatic heterocycles. The standard InChI is InChI=1S/C17H25BrN2O/c1-12(15-6-4-8-19-11-15)9-17(21)20-13(2)14-5-3-7-16(18)10-14/h3,5,7,10,12-13,15,19H,4,6,8-9,11H2,1-2H3,(H,20,21)/t12?,13-,15?/m0/s1. The van der Waals surface area contributed by atoms with Crippen LogP contribution in [0.15, 0.2) is 28.7 Å². The van der Waals surface area contributed by atoms with E-state index in [0.29, 0.717) is 18.3 Å². The molecule has 4 heteroatoms. The number of hydrogen-bond acceptors (Lipinski definition) is 2. The van der Waals surface area contributed by atoms with Crippen molar-refractivity contribution < 1.29 is 4.79 Å². The maximum atomic E-state index is 12.2. The SMILES string of the molecule is CC(CC(=O)N[C@@H](C)c1cccc(Br)c1)C1CCCNC1. The number of amides is 1. The number of carbonyl (C=O) groups is 1. The van der Waals surface area contributed by atoms with E-state index in [0.717, 1.165) is 23.1 Å². The lowest BCUT2D eigenvalue weighted by Gasteiger charge is -2.28. The van der Waals surface area contributed by atoms with Gasteiger partial charge < -0.3 is 10.6 Å². The third-order valence-corrected chi connectivity index (χ3v) is 4.87. The molecule has 0 radical (unpaired) electrons. The number of halogens is 1. The first-order valence-electron chi connectivity index (χ1n) is 7.82. The Morgan fingerprint density at radius 2 is 2.29 bits per heavy atom. The summed E-state index contributed by atoms with van der Waals surface area (Å²) in [4.78, 5) is 12.2. The van der Waals surface area contributed by atoms with Gasteiger partial charge in [0, 0.05) is 10.9 Å². The van der Waals surface area contributed by atoms with E-state index in [4.69, 9.17) is 0 Å². The molecule has 1 aliphatic rings. The Hall–Kier alpha value is -0.870. The van der Waals surface area contributed by atoms with Gasteiger partial charge >= 0.3 is 0 Å². The van der Waals surface area contributed by atoms with Crippen LogP contribution in [0, 0.1) is 11.8 Å². The molecule has 1 amide bonds. The smallest absolute Gasteiger partial charge is 0.220 e. The highest BCUT2D eigenvalue weighted by Gasteiger charge is 2.22. The Balaban J connectivity index is 1.83. The molecule has 1 aliphatic heterocycles. The molecular weight excluding hydrogens is 328 g/mol. The van der Waals surface area contributed by atoms with Crippen LogP contribution in [0.3, 0.4) is 0 Å². The van der Waals surface area contributed by atoms with Crippen molar-refractivity contribution in [3.05, 3.63) is 34.3 Å². The third kappa shape index (κ3) is 5.11. The lowest BCUT2D eigenvalue weighted by atomic mass is 9.85. The van der Waals surface area contributed by atoms with Gasteiger partial charge in [0.25, 0.3) is 0 Å². The first kappa shape index (κ1) is 16.5. The largest absolute Gasteiger partial charge is 0.350 e. The van der Waals surface area contributed by atoms with E-state index in [1.807, 2.05) is 25.1 Å². The van der Waals surface area contributed by atoms with Crippen LogP contribution in [0.5, 0.6) is 0 Å². The summed E-state index contributed by atoms with van der Waals surface area (Å²) < 4.78 is 1.04. The number of rotatable bonds is 5. The lowest BCUT2D eigenvalue weighted by Crippen LogP contribution is -2.36. The topological polar surface area (TPSA) is 41.1 Å². The van der Waals surface area contributed by atoms with Crippen LogP contribution in [0.25, 0.3) is 0 Å². The molecule has 116 valence electrons. The second-order valence-corrected chi connectivity index (χ2v) is 7.05. The van der Waals surface area contributed by atoms with Gasteiger partial charge in [0.1, 0.15) is 0 Å². The van der Waals surface area contributed by atoms with Crippen LogP contribution in [0.4, 0.5) is 0 Å². The minimum absolute atomic E-state index is 0.0479. The van der Waals surface area contributed by atoms with Gasteiger partial charge in [0.2, 0.25) is 5.91 Å². The van der Waals surface area contributed by atoms with Gasteiger partial charge in [-0.3, -0.25) is 4.79 Å². The van der Waals surface area contributed by atoms with Gasteiger partial charge in [-0.25, -0.2) is 0 Å². The molecule has 1 aromatic rings. The summed E-state index contributed by atoms with van der Waals surface area (Å²) in [5.41, 5.74) is 1.13. The predicted octanol–water partition coefficient (Wildman–Crippen LogP) is 3.65. The maximum absolute atomic E-state index is 12.2. The van der Waals surface area contributed by atoms with Crippen molar-refractivity contribution in [2.75, 3.05) is 13.1 Å². The molecule has 0 bridgehead atoms. The van der Waals surface area contributed by atoms with Crippen molar-refractivity contribution in [3.63, 3.8) is 0 Å². The van der Waals surface area contributed by atoms with Crippen molar-refractivity contribution >= 4 is 21.8 Å². The third-order valence-electron chi connectivity index (χ3n) is 4.37. The molecule has 0 saturated carbocycles. The molecule has 0 aliphatic carbocycles. The maximum Gasteiger partial charge on any atom is 0.220 e. The van der Waals surface area contributed by atoms with Gasteiger partial charge in [0.15, 0.2) is 0 Å². The van der Waals surface area contributed by atoms with E-state index in [9.17, 15) is 4.79 Å². The fraction of sp³-hybridized carbons (Fsp3) is 0.588. The zero-order valence-corrected chi connectivity index (χ0v) is 14.4. The number of piperidine rings is 1. The fourth-order valence-electron chi connectivity index (χ4n) is 2.98. The summed E-state index contributed by atoms with van der Waals surface area (Å²) in [5, 5.41) is 6.54. The summed E-state index contributed by atoms with van der Waals surface area (Å²) in [6, 6.07) is 8.14. The molecule has 1 heterocycles. The van der Waals surface area contributed by atoms with Crippen LogP contribution >= 0.6 is 15.9 Å². The Labute approximate surface area is 136 Å². The molecule has 0 spiro atoms. The van der Waals surface area contributed by atoms with Crippen LogP contribution < -0.4 is 10.6 Å². The van der Waals surface area contributed by atoms with Crippen molar-refractivity contribution in [2.45, 2.75) is 39.2 Å². The number of nitrogens with one attached hydrogen (secondary N) is 2. The van der Waals surface area contributed by atoms with Gasteiger partial charge in [-0.05, 0) is 62.4 Å². The molecule has 1 fully saturated rings. The van der Waals surface area contributed by atoms with Gasteiger partial charge in [-0.1, -0.05) is 35.0 Å². The Kier molecular flexibility index (Phi) is 6.24. The van der Waals surface area contributed by atoms with E-state index in [2.05, 4.69) is 39.6 Å². The monoisotopic (exact) mass is 352 g/mol. The molecule has 21 heavy (non-hydrogen) atoms. The zero-order chi connectivity index (χ0) is 15.2. The zero-order valence-electron chi connectivity index (χ0n) is 12.9. The number of hydrogen-bond donors (Lipinski definition) is 2. The van der Waals surface area contributed by atoms with Crippen LogP contribution in [0.2, 0.25) is 0 Å². The summed E-state index contributed by atoms with van der Waals surface area (Å²) in [7, 11) is 0. The Morgan fingerprint density at radius 3 is 2.95 bits per heavy atom. The van der Waals surface area contributed by atoms with Crippen molar-refractivity contribution in [1.82, 2.24) is 10.6 Å². The second kappa shape index (κ2) is 7.95. The van der Waals surface area contributed by atoms with E-state index in [-0.39, 0.29) is 11.9 Å². The van der Waals surface area contributed by atoms with E-state index < -0.39 is 0 Å². The highest BCUT2D eigenvalue weighted by molar-refractivity contribution is 9.10. The summed E-state index contributed by atoms with van der Waals surface area (Å²) in [6.45, 7) is 6.40. The Bertz CT molecular complexity index is 472. The molecule has 2 unspecified atom stereocenters. The molecule has 1 aromatic carbocycles. The Morgan fingerprint density at radius 1 is 1.48 bits per heavy atom. The van der Waals surface area contributed by atoms with Crippen molar-refractivity contribution in [2.24, 2.45) is 11.8 Å². The minimum atomic E-state index is 0.0479. The van der Waals surface area contributed by atoms with Crippen molar-refractivity contribution in [3.8, 4) is 0 Å². The van der Waals surface area contributed by atoms with Crippen LogP contribution in [-0.4, -0.2) is 19.0 Å². The first-order chi connectivity index (χ1) is 10.1. The minimum Gasteiger partial charge on any atom is -0.350 e. The fourth-order valence-corrected chi connectivity index (χ4v) is 3.40. The number of carbonyl (C=O) groups excluding carboxylic acids is 1. The van der Waals surface area contributed by atoms with Gasteiger partial charge in [-0.2, -0.15) is 0 Å². The van der Waals surface area contributed by atoms with Gasteiger partial charge in [-0.15, -0.1) is 0 Å². The molecule has 2 rings (SSSR count). The molecule has 3 atom stereocenters. The predicted molar refractivity (Wildman–Crippen MR) is 90.1 cm³/mol. The normalized spacial score (nSPS) is 21.6. The van der Waals surface area contributed by atoms with E-state index in [1.54, 1.807) is 0 Å². The van der Waals surface area contributed by atoms with E-state index >= 15 is 0 Å². The number of benzene rings is 1. The molecule has 1 saturated heterocycles. The van der Waals surface area contributed by atoms with Crippen LogP contribution in [-0.2, 0) is 4.79 Å². The van der Waals surface area contributed by atoms with E-state index in [1.165, 1.54) is 12.8 Å². The van der Waals surface area contributed by atoms with Crippen molar-refractivity contribution in [1.29, 1.82) is 0 Å². The average molecular weight is 353 g/mol. The van der Waals surface area contributed by atoms with Crippen LogP contribution in [0.1, 0.15) is 44.7 Å². The summed E-state index contributed by atoms with van der Waals surface area (Å²) >= 11 is 3.47. The highest BCUT2D eigenvalue weighted by atomic mass is 79.9. The average Bonchev–Trinajstić information content (AvgIpc) is 2.48. The molecular formula is C17H25BrN2O. The highest BCUT2D eigenvalue weighted by Crippen LogP contribution is 2.23. The summed E-state index contributed by atoms with van der Waals surface area (Å²) in [6.07, 6.45) is 3.08. The molecule has 3 nitrogen and oxygen atoms in total. The quantitative estimate of drug-likeness (QED) is 0.848. The second-order valence-electron chi connectivity index (χ2n) is 6.13. The first-order valence-corrected chi connectivity index (χ1v) is 8.61.